The maximum absolute atomic E-state index is 14.0. The molecule has 0 bridgehead atoms. The smallest absolute Gasteiger partial charge is 0.369 e. The fourth-order valence-electron chi connectivity index (χ4n) is 4.92. The molecule has 1 heterocycles. The van der Waals surface area contributed by atoms with Crippen LogP contribution in [-0.4, -0.2) is 58.0 Å². The van der Waals surface area contributed by atoms with E-state index in [1.54, 1.807) is 6.07 Å². The van der Waals surface area contributed by atoms with Gasteiger partial charge in [-0.05, 0) is 55.7 Å². The zero-order valence-electron chi connectivity index (χ0n) is 18.3. The summed E-state index contributed by atoms with van der Waals surface area (Å²) in [5, 5.41) is 0. The molecule has 1 unspecified atom stereocenters. The third kappa shape index (κ3) is 5.92. The fourth-order valence-corrected chi connectivity index (χ4v) is 5.68. The molecular formula is C22H32F4N2O2S. The summed E-state index contributed by atoms with van der Waals surface area (Å²) >= 11 is 0. The summed E-state index contributed by atoms with van der Waals surface area (Å²) in [7, 11) is -3.66. The molecule has 1 aliphatic carbocycles. The molecule has 1 aromatic rings. The summed E-state index contributed by atoms with van der Waals surface area (Å²) in [5.41, 5.74) is 0.679. The monoisotopic (exact) mass is 464 g/mol. The molecule has 31 heavy (non-hydrogen) atoms. The Kier molecular flexibility index (Phi) is 7.25. The Morgan fingerprint density at radius 1 is 1.10 bits per heavy atom. The van der Waals surface area contributed by atoms with Crippen LogP contribution < -0.4 is 4.90 Å². The minimum Gasteiger partial charge on any atom is -0.369 e. The van der Waals surface area contributed by atoms with E-state index < -0.39 is 27.7 Å². The first-order valence-electron chi connectivity index (χ1n) is 10.9. The lowest BCUT2D eigenvalue weighted by atomic mass is 9.81. The Labute approximate surface area is 182 Å². The first-order chi connectivity index (χ1) is 14.4. The summed E-state index contributed by atoms with van der Waals surface area (Å²) in [4.78, 5) is 4.16. The van der Waals surface area contributed by atoms with Gasteiger partial charge in [0.15, 0.2) is 9.84 Å². The van der Waals surface area contributed by atoms with Gasteiger partial charge in [0, 0.05) is 44.2 Å². The Hall–Kier alpha value is -1.35. The molecule has 1 atom stereocenters. The topological polar surface area (TPSA) is 40.6 Å². The van der Waals surface area contributed by atoms with Crippen LogP contribution in [0.4, 0.5) is 23.2 Å². The predicted octanol–water partition coefficient (Wildman–Crippen LogP) is 4.74. The molecule has 176 valence electrons. The second-order valence-corrected chi connectivity index (χ2v) is 11.4. The lowest BCUT2D eigenvalue weighted by Gasteiger charge is -2.46. The Balaban J connectivity index is 1.67. The second kappa shape index (κ2) is 9.25. The number of hydrogen-bond acceptors (Lipinski definition) is 4. The summed E-state index contributed by atoms with van der Waals surface area (Å²) in [6.07, 6.45) is -1.46. The van der Waals surface area contributed by atoms with E-state index in [-0.39, 0.29) is 29.7 Å². The number of sulfone groups is 1. The SMILES string of the molecule is CC(C)C1CN(c2ccc(F)c(S(C)(=O)=O)c2)CCN1CC1CCC(C(F)(F)F)CC1. The van der Waals surface area contributed by atoms with Crippen molar-refractivity contribution in [1.82, 2.24) is 4.90 Å². The molecule has 1 aliphatic heterocycles. The minimum atomic E-state index is -4.09. The van der Waals surface area contributed by atoms with Gasteiger partial charge in [0.05, 0.1) is 5.92 Å². The Morgan fingerprint density at radius 2 is 1.74 bits per heavy atom. The minimum absolute atomic E-state index is 0.195. The van der Waals surface area contributed by atoms with Crippen molar-refractivity contribution in [2.75, 3.05) is 37.3 Å². The first-order valence-corrected chi connectivity index (χ1v) is 12.8. The first kappa shape index (κ1) is 24.3. The number of piperazine rings is 1. The van der Waals surface area contributed by atoms with Crippen molar-refractivity contribution in [3.05, 3.63) is 24.0 Å². The van der Waals surface area contributed by atoms with Gasteiger partial charge in [-0.25, -0.2) is 12.8 Å². The van der Waals surface area contributed by atoms with Crippen LogP contribution in [0.1, 0.15) is 39.5 Å². The highest BCUT2D eigenvalue weighted by molar-refractivity contribution is 7.90. The van der Waals surface area contributed by atoms with Gasteiger partial charge in [0.1, 0.15) is 10.7 Å². The van der Waals surface area contributed by atoms with E-state index in [1.165, 1.54) is 12.1 Å². The van der Waals surface area contributed by atoms with Gasteiger partial charge < -0.3 is 4.90 Å². The summed E-state index contributed by atoms with van der Waals surface area (Å²) in [6.45, 7) is 7.11. The maximum Gasteiger partial charge on any atom is 0.391 e. The highest BCUT2D eigenvalue weighted by atomic mass is 32.2. The number of anilines is 1. The molecular weight excluding hydrogens is 432 g/mol. The van der Waals surface area contributed by atoms with Gasteiger partial charge in [-0.3, -0.25) is 4.90 Å². The number of alkyl halides is 3. The molecule has 0 radical (unpaired) electrons. The van der Waals surface area contributed by atoms with E-state index in [4.69, 9.17) is 0 Å². The highest BCUT2D eigenvalue weighted by Crippen LogP contribution is 2.40. The van der Waals surface area contributed by atoms with E-state index in [2.05, 4.69) is 23.6 Å². The van der Waals surface area contributed by atoms with E-state index in [9.17, 15) is 26.0 Å². The van der Waals surface area contributed by atoms with E-state index in [1.807, 2.05) is 0 Å². The summed E-state index contributed by atoms with van der Waals surface area (Å²) in [5.74, 6) is -1.32. The molecule has 1 aromatic carbocycles. The zero-order valence-corrected chi connectivity index (χ0v) is 19.1. The molecule has 0 amide bonds. The number of halogens is 4. The predicted molar refractivity (Wildman–Crippen MR) is 113 cm³/mol. The lowest BCUT2D eigenvalue weighted by molar-refractivity contribution is -0.184. The van der Waals surface area contributed by atoms with E-state index in [0.717, 1.165) is 19.3 Å². The van der Waals surface area contributed by atoms with Gasteiger partial charge in [0.2, 0.25) is 0 Å². The molecule has 0 aromatic heterocycles. The van der Waals surface area contributed by atoms with Crippen molar-refractivity contribution in [3.63, 3.8) is 0 Å². The number of rotatable bonds is 5. The van der Waals surface area contributed by atoms with Crippen LogP contribution in [-0.2, 0) is 9.84 Å². The molecule has 2 aliphatic rings. The van der Waals surface area contributed by atoms with Gasteiger partial charge in [0.25, 0.3) is 0 Å². The molecule has 4 nitrogen and oxygen atoms in total. The molecule has 1 saturated carbocycles. The van der Waals surface area contributed by atoms with E-state index >= 15 is 0 Å². The van der Waals surface area contributed by atoms with Crippen molar-refractivity contribution in [1.29, 1.82) is 0 Å². The Bertz CT molecular complexity index is 865. The summed E-state index contributed by atoms with van der Waals surface area (Å²) in [6, 6.07) is 4.40. The van der Waals surface area contributed by atoms with Crippen molar-refractivity contribution in [2.45, 2.75) is 56.6 Å². The van der Waals surface area contributed by atoms with Crippen LogP contribution in [0.2, 0.25) is 0 Å². The largest absolute Gasteiger partial charge is 0.391 e. The second-order valence-electron chi connectivity index (χ2n) is 9.40. The standard InChI is InChI=1S/C22H32F4N2O2S/c1-15(2)20-14-27(18-8-9-19(23)21(12-18)31(3,29)30)10-11-28(20)13-16-4-6-17(7-5-16)22(24,25)26/h8-9,12,15-17,20H,4-7,10-11,13-14H2,1-3H3. The molecule has 0 spiro atoms. The molecule has 1 saturated heterocycles. The average Bonchev–Trinajstić information content (AvgIpc) is 2.67. The van der Waals surface area contributed by atoms with Crippen LogP contribution in [0.25, 0.3) is 0 Å². The summed E-state index contributed by atoms with van der Waals surface area (Å²) < 4.78 is 76.6. The van der Waals surface area contributed by atoms with Crippen LogP contribution in [0, 0.1) is 23.6 Å². The molecule has 0 N–H and O–H groups in total. The molecule has 2 fully saturated rings. The quantitative estimate of drug-likeness (QED) is 0.590. The highest BCUT2D eigenvalue weighted by Gasteiger charge is 2.42. The lowest BCUT2D eigenvalue weighted by Crippen LogP contribution is -2.56. The fraction of sp³-hybridized carbons (Fsp3) is 0.727. The number of hydrogen-bond donors (Lipinski definition) is 0. The molecule has 9 heteroatoms. The van der Waals surface area contributed by atoms with Gasteiger partial charge >= 0.3 is 6.18 Å². The average molecular weight is 465 g/mol. The number of nitrogens with zero attached hydrogens (tertiary/aromatic N) is 2. The van der Waals surface area contributed by atoms with Crippen molar-refractivity contribution >= 4 is 15.5 Å². The van der Waals surface area contributed by atoms with Crippen LogP contribution in [0.15, 0.2) is 23.1 Å². The van der Waals surface area contributed by atoms with Gasteiger partial charge in [-0.2, -0.15) is 13.2 Å². The van der Waals surface area contributed by atoms with Crippen LogP contribution >= 0.6 is 0 Å². The van der Waals surface area contributed by atoms with Crippen LogP contribution in [0.5, 0.6) is 0 Å². The van der Waals surface area contributed by atoms with Crippen molar-refractivity contribution < 1.29 is 26.0 Å². The van der Waals surface area contributed by atoms with Crippen LogP contribution in [0.3, 0.4) is 0 Å². The van der Waals surface area contributed by atoms with Gasteiger partial charge in [-0.1, -0.05) is 13.8 Å². The van der Waals surface area contributed by atoms with Crippen molar-refractivity contribution in [3.8, 4) is 0 Å². The third-order valence-corrected chi connectivity index (χ3v) is 7.90. The zero-order chi connectivity index (χ0) is 23.0. The van der Waals surface area contributed by atoms with Gasteiger partial charge in [-0.15, -0.1) is 0 Å². The maximum atomic E-state index is 14.0. The third-order valence-electron chi connectivity index (χ3n) is 6.78. The normalized spacial score (nSPS) is 26.5. The molecule has 3 rings (SSSR count). The van der Waals surface area contributed by atoms with E-state index in [0.29, 0.717) is 37.5 Å². The Morgan fingerprint density at radius 3 is 2.29 bits per heavy atom. The number of benzene rings is 1. The van der Waals surface area contributed by atoms with Crippen molar-refractivity contribution in [2.24, 2.45) is 17.8 Å².